The van der Waals surface area contributed by atoms with E-state index in [1.807, 2.05) is 23.8 Å². The summed E-state index contributed by atoms with van der Waals surface area (Å²) in [6.45, 7) is 1.91. The van der Waals surface area contributed by atoms with Crippen molar-refractivity contribution in [3.63, 3.8) is 0 Å². The fourth-order valence-corrected chi connectivity index (χ4v) is 1.96. The largest absolute Gasteiger partial charge is 0.322 e. The standard InChI is InChI=1S/C13H12N2OS/c1-10-8-14-6-4-12(10)15-13(16)3-2-11-5-7-17-9-11/h2-9H,1H3,(H,14,15,16)/b3-2-. The average molecular weight is 244 g/mol. The molecule has 17 heavy (non-hydrogen) atoms. The van der Waals surface area contributed by atoms with Crippen molar-refractivity contribution in [2.45, 2.75) is 6.92 Å². The fraction of sp³-hybridized carbons (Fsp3) is 0.0769. The molecular weight excluding hydrogens is 232 g/mol. The molecule has 2 aromatic heterocycles. The van der Waals surface area contributed by atoms with E-state index in [9.17, 15) is 4.79 Å². The number of hydrogen-bond acceptors (Lipinski definition) is 3. The summed E-state index contributed by atoms with van der Waals surface area (Å²) in [6, 6.07) is 3.75. The molecule has 2 rings (SSSR count). The number of hydrogen-bond donors (Lipinski definition) is 1. The Bertz CT molecular complexity index is 532. The van der Waals surface area contributed by atoms with E-state index in [0.29, 0.717) is 0 Å². The first-order valence-corrected chi connectivity index (χ1v) is 6.12. The zero-order chi connectivity index (χ0) is 12.1. The van der Waals surface area contributed by atoms with Crippen LogP contribution < -0.4 is 5.32 Å². The third-order valence-corrected chi connectivity index (χ3v) is 2.95. The Morgan fingerprint density at radius 3 is 3.06 bits per heavy atom. The molecule has 0 radical (unpaired) electrons. The van der Waals surface area contributed by atoms with Crippen molar-refractivity contribution >= 4 is 29.0 Å². The molecule has 1 N–H and O–H groups in total. The average Bonchev–Trinajstić information content (AvgIpc) is 2.82. The highest BCUT2D eigenvalue weighted by molar-refractivity contribution is 7.08. The molecule has 0 aliphatic heterocycles. The van der Waals surface area contributed by atoms with Gasteiger partial charge in [-0.25, -0.2) is 0 Å². The van der Waals surface area contributed by atoms with Crippen LogP contribution in [0.5, 0.6) is 0 Å². The summed E-state index contributed by atoms with van der Waals surface area (Å²) >= 11 is 1.61. The van der Waals surface area contributed by atoms with Gasteiger partial charge in [0, 0.05) is 24.2 Å². The summed E-state index contributed by atoms with van der Waals surface area (Å²) in [5.41, 5.74) is 2.78. The monoisotopic (exact) mass is 244 g/mol. The molecule has 0 fully saturated rings. The number of aryl methyl sites for hydroxylation is 1. The third kappa shape index (κ3) is 3.26. The molecule has 0 spiro atoms. The Hall–Kier alpha value is -1.94. The summed E-state index contributed by atoms with van der Waals surface area (Å²) in [6.07, 6.45) is 6.70. The van der Waals surface area contributed by atoms with E-state index >= 15 is 0 Å². The van der Waals surface area contributed by atoms with Crippen molar-refractivity contribution in [3.05, 3.63) is 52.5 Å². The van der Waals surface area contributed by atoms with Gasteiger partial charge in [-0.05, 0) is 47.0 Å². The number of amides is 1. The van der Waals surface area contributed by atoms with Crippen LogP contribution in [-0.2, 0) is 4.79 Å². The zero-order valence-corrected chi connectivity index (χ0v) is 10.2. The molecular formula is C13H12N2OS. The number of pyridine rings is 1. The van der Waals surface area contributed by atoms with Crippen LogP contribution in [-0.4, -0.2) is 10.9 Å². The molecule has 0 aliphatic carbocycles. The maximum absolute atomic E-state index is 11.6. The van der Waals surface area contributed by atoms with E-state index < -0.39 is 0 Å². The Morgan fingerprint density at radius 1 is 1.47 bits per heavy atom. The first-order chi connectivity index (χ1) is 8.25. The Morgan fingerprint density at radius 2 is 2.35 bits per heavy atom. The predicted molar refractivity (Wildman–Crippen MR) is 71.0 cm³/mol. The molecule has 0 saturated carbocycles. The molecule has 3 nitrogen and oxygen atoms in total. The number of nitrogens with one attached hydrogen (secondary N) is 1. The van der Waals surface area contributed by atoms with Crippen molar-refractivity contribution in [1.82, 2.24) is 4.98 Å². The van der Waals surface area contributed by atoms with Gasteiger partial charge in [-0.2, -0.15) is 11.3 Å². The van der Waals surface area contributed by atoms with Crippen LogP contribution in [0.1, 0.15) is 11.1 Å². The van der Waals surface area contributed by atoms with Gasteiger partial charge in [0.15, 0.2) is 0 Å². The molecule has 0 unspecified atom stereocenters. The quantitative estimate of drug-likeness (QED) is 0.843. The Labute approximate surface area is 104 Å². The highest BCUT2D eigenvalue weighted by atomic mass is 32.1. The molecule has 1 amide bonds. The Balaban J connectivity index is 2.01. The Kier molecular flexibility index (Phi) is 3.67. The molecule has 86 valence electrons. The second kappa shape index (κ2) is 5.41. The number of carbonyl (C=O) groups excluding carboxylic acids is 1. The van der Waals surface area contributed by atoms with Crippen LogP contribution in [0.25, 0.3) is 6.08 Å². The van der Waals surface area contributed by atoms with Gasteiger partial charge in [-0.15, -0.1) is 0 Å². The van der Waals surface area contributed by atoms with Gasteiger partial charge in [0.25, 0.3) is 0 Å². The van der Waals surface area contributed by atoms with E-state index in [1.54, 1.807) is 35.9 Å². The lowest BCUT2D eigenvalue weighted by Gasteiger charge is -2.04. The molecule has 2 aromatic rings. The van der Waals surface area contributed by atoms with Crippen LogP contribution >= 0.6 is 11.3 Å². The van der Waals surface area contributed by atoms with Crippen molar-refractivity contribution in [1.29, 1.82) is 0 Å². The van der Waals surface area contributed by atoms with E-state index in [-0.39, 0.29) is 5.91 Å². The minimum absolute atomic E-state index is 0.134. The first kappa shape index (κ1) is 11.5. The molecule has 4 heteroatoms. The minimum Gasteiger partial charge on any atom is -0.322 e. The van der Waals surface area contributed by atoms with E-state index in [4.69, 9.17) is 0 Å². The SMILES string of the molecule is Cc1cnccc1NC(=O)/C=C\c1ccsc1. The summed E-state index contributed by atoms with van der Waals surface area (Å²) < 4.78 is 0. The number of anilines is 1. The van der Waals surface area contributed by atoms with E-state index in [1.165, 1.54) is 6.08 Å². The van der Waals surface area contributed by atoms with Gasteiger partial charge in [0.1, 0.15) is 0 Å². The second-order valence-electron chi connectivity index (χ2n) is 3.57. The lowest BCUT2D eigenvalue weighted by molar-refractivity contribution is -0.111. The zero-order valence-electron chi connectivity index (χ0n) is 9.38. The van der Waals surface area contributed by atoms with E-state index in [2.05, 4.69) is 10.3 Å². The second-order valence-corrected chi connectivity index (χ2v) is 4.35. The van der Waals surface area contributed by atoms with Crippen molar-refractivity contribution < 1.29 is 4.79 Å². The normalized spacial score (nSPS) is 10.6. The third-order valence-electron chi connectivity index (χ3n) is 2.25. The number of thiophene rings is 1. The van der Waals surface area contributed by atoms with Gasteiger partial charge in [0.2, 0.25) is 5.91 Å². The van der Waals surface area contributed by atoms with E-state index in [0.717, 1.165) is 16.8 Å². The van der Waals surface area contributed by atoms with Crippen molar-refractivity contribution in [2.75, 3.05) is 5.32 Å². The van der Waals surface area contributed by atoms with Gasteiger partial charge < -0.3 is 5.32 Å². The molecule has 0 atom stereocenters. The first-order valence-electron chi connectivity index (χ1n) is 5.17. The number of carbonyl (C=O) groups is 1. The van der Waals surface area contributed by atoms with Crippen LogP contribution in [0.15, 0.2) is 41.4 Å². The smallest absolute Gasteiger partial charge is 0.248 e. The highest BCUT2D eigenvalue weighted by Gasteiger charge is 2.00. The maximum Gasteiger partial charge on any atom is 0.248 e. The summed E-state index contributed by atoms with van der Waals surface area (Å²) in [5, 5.41) is 6.77. The van der Waals surface area contributed by atoms with Crippen molar-refractivity contribution in [3.8, 4) is 0 Å². The summed E-state index contributed by atoms with van der Waals surface area (Å²) in [5.74, 6) is -0.134. The lowest BCUT2D eigenvalue weighted by Crippen LogP contribution is -2.08. The maximum atomic E-state index is 11.6. The number of rotatable bonds is 3. The highest BCUT2D eigenvalue weighted by Crippen LogP contribution is 2.12. The van der Waals surface area contributed by atoms with Gasteiger partial charge in [-0.3, -0.25) is 9.78 Å². The minimum atomic E-state index is -0.134. The molecule has 0 aliphatic rings. The topological polar surface area (TPSA) is 42.0 Å². The molecule has 0 saturated heterocycles. The molecule has 0 aromatic carbocycles. The van der Waals surface area contributed by atoms with Gasteiger partial charge in [0.05, 0.1) is 0 Å². The molecule has 2 heterocycles. The van der Waals surface area contributed by atoms with Crippen molar-refractivity contribution in [2.24, 2.45) is 0 Å². The summed E-state index contributed by atoms with van der Waals surface area (Å²) in [4.78, 5) is 15.6. The van der Waals surface area contributed by atoms with Crippen LogP contribution in [0, 0.1) is 6.92 Å². The number of nitrogens with zero attached hydrogens (tertiary/aromatic N) is 1. The van der Waals surface area contributed by atoms with Gasteiger partial charge >= 0.3 is 0 Å². The number of aromatic nitrogens is 1. The molecule has 0 bridgehead atoms. The van der Waals surface area contributed by atoms with Crippen LogP contribution in [0.2, 0.25) is 0 Å². The lowest BCUT2D eigenvalue weighted by atomic mass is 10.2. The fourth-order valence-electron chi connectivity index (χ4n) is 1.33. The van der Waals surface area contributed by atoms with Crippen LogP contribution in [0.4, 0.5) is 5.69 Å². The summed E-state index contributed by atoms with van der Waals surface area (Å²) in [7, 11) is 0. The predicted octanol–water partition coefficient (Wildman–Crippen LogP) is 3.10. The van der Waals surface area contributed by atoms with Gasteiger partial charge in [-0.1, -0.05) is 0 Å². The van der Waals surface area contributed by atoms with Crippen LogP contribution in [0.3, 0.4) is 0 Å².